The van der Waals surface area contributed by atoms with Gasteiger partial charge in [-0.3, -0.25) is 0 Å². The summed E-state index contributed by atoms with van der Waals surface area (Å²) < 4.78 is 0. The van der Waals surface area contributed by atoms with Gasteiger partial charge in [-0.25, -0.2) is 4.98 Å². The summed E-state index contributed by atoms with van der Waals surface area (Å²) in [6, 6.07) is -0.257. The molecule has 4 heteroatoms. The second-order valence-electron chi connectivity index (χ2n) is 2.09. The van der Waals surface area contributed by atoms with Crippen molar-refractivity contribution in [2.75, 3.05) is 6.61 Å². The molecule has 1 aromatic heterocycles. The Morgan fingerprint density at radius 1 is 1.90 bits per heavy atom. The minimum Gasteiger partial charge on any atom is -0.394 e. The Morgan fingerprint density at radius 3 is 3.00 bits per heavy atom. The van der Waals surface area contributed by atoms with Crippen LogP contribution in [0.25, 0.3) is 0 Å². The molecule has 0 amide bonds. The summed E-state index contributed by atoms with van der Waals surface area (Å²) in [5.41, 5.74) is 8.22. The van der Waals surface area contributed by atoms with E-state index in [0.29, 0.717) is 0 Å². The van der Waals surface area contributed by atoms with E-state index in [1.54, 1.807) is 5.51 Å². The van der Waals surface area contributed by atoms with Gasteiger partial charge in [0.15, 0.2) is 0 Å². The summed E-state index contributed by atoms with van der Waals surface area (Å²) in [4.78, 5) is 4.99. The van der Waals surface area contributed by atoms with Crippen LogP contribution in [0.1, 0.15) is 16.6 Å². The first kappa shape index (κ1) is 7.65. The Morgan fingerprint density at radius 2 is 2.60 bits per heavy atom. The number of hydrogen-bond acceptors (Lipinski definition) is 4. The molecule has 1 aromatic rings. The van der Waals surface area contributed by atoms with E-state index < -0.39 is 0 Å². The summed E-state index contributed by atoms with van der Waals surface area (Å²) in [7, 11) is 0. The molecular weight excluding hydrogens is 148 g/mol. The van der Waals surface area contributed by atoms with Crippen molar-refractivity contribution in [1.29, 1.82) is 0 Å². The largest absolute Gasteiger partial charge is 0.394 e. The van der Waals surface area contributed by atoms with Crippen molar-refractivity contribution in [3.63, 3.8) is 0 Å². The quantitative estimate of drug-likeness (QED) is 0.656. The molecule has 0 aromatic carbocycles. The maximum absolute atomic E-state index is 8.68. The van der Waals surface area contributed by atoms with Gasteiger partial charge in [0.05, 0.1) is 23.9 Å². The number of aryl methyl sites for hydroxylation is 1. The highest BCUT2D eigenvalue weighted by Gasteiger charge is 2.08. The first-order valence-corrected chi connectivity index (χ1v) is 3.90. The number of rotatable bonds is 2. The van der Waals surface area contributed by atoms with Crippen LogP contribution in [0.3, 0.4) is 0 Å². The van der Waals surface area contributed by atoms with Gasteiger partial charge in [-0.15, -0.1) is 11.3 Å². The van der Waals surface area contributed by atoms with Crippen LogP contribution in [-0.2, 0) is 0 Å². The predicted octanol–water partition coefficient (Wildman–Crippen LogP) is 0.444. The monoisotopic (exact) mass is 158 g/mol. The van der Waals surface area contributed by atoms with Crippen molar-refractivity contribution in [3.05, 3.63) is 16.1 Å². The average molecular weight is 158 g/mol. The molecule has 3 N–H and O–H groups in total. The lowest BCUT2D eigenvalue weighted by atomic mass is 10.2. The van der Waals surface area contributed by atoms with Crippen molar-refractivity contribution in [3.8, 4) is 0 Å². The molecule has 0 fully saturated rings. The van der Waals surface area contributed by atoms with E-state index >= 15 is 0 Å². The number of hydrogen-bond donors (Lipinski definition) is 2. The third kappa shape index (κ3) is 1.34. The zero-order chi connectivity index (χ0) is 7.56. The van der Waals surface area contributed by atoms with Crippen LogP contribution in [-0.4, -0.2) is 16.7 Å². The molecule has 0 saturated carbocycles. The number of aliphatic hydroxyl groups excluding tert-OH is 1. The Bertz CT molecular complexity index is 211. The van der Waals surface area contributed by atoms with Gasteiger partial charge in [0.2, 0.25) is 0 Å². The van der Waals surface area contributed by atoms with Crippen LogP contribution in [0.15, 0.2) is 5.51 Å². The molecule has 1 atom stereocenters. The molecule has 0 aliphatic carbocycles. The molecule has 0 radical (unpaired) electrons. The molecule has 0 saturated heterocycles. The Labute approximate surface area is 63.5 Å². The van der Waals surface area contributed by atoms with Gasteiger partial charge in [-0.2, -0.15) is 0 Å². The standard InChI is InChI=1S/C6H10N2OS/c1-4-6(5(7)2-9)10-3-8-4/h3,5,9H,2,7H2,1H3/t5-/m0/s1. The third-order valence-electron chi connectivity index (χ3n) is 1.32. The highest BCUT2D eigenvalue weighted by molar-refractivity contribution is 7.09. The molecule has 0 spiro atoms. The fourth-order valence-electron chi connectivity index (χ4n) is 0.750. The molecule has 1 rings (SSSR count). The van der Waals surface area contributed by atoms with E-state index in [0.717, 1.165) is 10.6 Å². The van der Waals surface area contributed by atoms with Crippen LogP contribution in [0, 0.1) is 6.92 Å². The summed E-state index contributed by atoms with van der Waals surface area (Å²) in [6.45, 7) is 1.88. The molecule has 3 nitrogen and oxygen atoms in total. The number of thiazole rings is 1. The molecule has 56 valence electrons. The average Bonchev–Trinajstić information content (AvgIpc) is 2.34. The van der Waals surface area contributed by atoms with Crippen molar-refractivity contribution < 1.29 is 5.11 Å². The van der Waals surface area contributed by atoms with Gasteiger partial charge in [0.25, 0.3) is 0 Å². The maximum atomic E-state index is 8.68. The first-order chi connectivity index (χ1) is 4.75. The van der Waals surface area contributed by atoms with Crippen LogP contribution < -0.4 is 5.73 Å². The highest BCUT2D eigenvalue weighted by atomic mass is 32.1. The van der Waals surface area contributed by atoms with Crippen molar-refractivity contribution in [2.45, 2.75) is 13.0 Å². The number of nitrogens with two attached hydrogens (primary N) is 1. The first-order valence-electron chi connectivity index (χ1n) is 3.02. The molecule has 0 bridgehead atoms. The zero-order valence-corrected chi connectivity index (χ0v) is 6.56. The van der Waals surface area contributed by atoms with E-state index in [1.807, 2.05) is 6.92 Å². The number of aliphatic hydroxyl groups is 1. The van der Waals surface area contributed by atoms with Crippen LogP contribution in [0.4, 0.5) is 0 Å². The topological polar surface area (TPSA) is 59.1 Å². The van der Waals surface area contributed by atoms with E-state index in [4.69, 9.17) is 10.8 Å². The van der Waals surface area contributed by atoms with Crippen LogP contribution >= 0.6 is 11.3 Å². The SMILES string of the molecule is Cc1ncsc1[C@@H](N)CO. The molecule has 0 aliphatic rings. The van der Waals surface area contributed by atoms with Gasteiger partial charge in [0, 0.05) is 4.88 Å². The van der Waals surface area contributed by atoms with E-state index in [1.165, 1.54) is 11.3 Å². The summed E-state index contributed by atoms with van der Waals surface area (Å²) in [5.74, 6) is 0. The Kier molecular flexibility index (Phi) is 2.37. The van der Waals surface area contributed by atoms with Crippen LogP contribution in [0.5, 0.6) is 0 Å². The van der Waals surface area contributed by atoms with Crippen LogP contribution in [0.2, 0.25) is 0 Å². The van der Waals surface area contributed by atoms with E-state index in [2.05, 4.69) is 4.98 Å². The van der Waals surface area contributed by atoms with Gasteiger partial charge in [-0.1, -0.05) is 0 Å². The molecule has 1 heterocycles. The highest BCUT2D eigenvalue weighted by Crippen LogP contribution is 2.18. The number of nitrogens with zero attached hydrogens (tertiary/aromatic N) is 1. The van der Waals surface area contributed by atoms with E-state index in [-0.39, 0.29) is 12.6 Å². The second kappa shape index (κ2) is 3.09. The fourth-order valence-corrected chi connectivity index (χ4v) is 1.55. The lowest BCUT2D eigenvalue weighted by Gasteiger charge is -2.04. The fraction of sp³-hybridized carbons (Fsp3) is 0.500. The van der Waals surface area contributed by atoms with E-state index in [9.17, 15) is 0 Å². The lowest BCUT2D eigenvalue weighted by molar-refractivity contribution is 0.269. The van der Waals surface area contributed by atoms with Crippen molar-refractivity contribution in [2.24, 2.45) is 5.73 Å². The maximum Gasteiger partial charge on any atom is 0.0798 e. The molecule has 0 aliphatic heterocycles. The Hall–Kier alpha value is -0.450. The summed E-state index contributed by atoms with van der Waals surface area (Å²) >= 11 is 1.49. The normalized spacial score (nSPS) is 13.5. The zero-order valence-electron chi connectivity index (χ0n) is 5.74. The molecule has 0 unspecified atom stereocenters. The predicted molar refractivity (Wildman–Crippen MR) is 40.9 cm³/mol. The third-order valence-corrected chi connectivity index (χ3v) is 2.38. The van der Waals surface area contributed by atoms with Gasteiger partial charge < -0.3 is 10.8 Å². The molecular formula is C6H10N2OS. The number of aromatic nitrogens is 1. The van der Waals surface area contributed by atoms with Crippen molar-refractivity contribution >= 4 is 11.3 Å². The van der Waals surface area contributed by atoms with Gasteiger partial charge >= 0.3 is 0 Å². The van der Waals surface area contributed by atoms with Crippen molar-refractivity contribution in [1.82, 2.24) is 4.98 Å². The second-order valence-corrected chi connectivity index (χ2v) is 2.98. The minimum atomic E-state index is -0.257. The van der Waals surface area contributed by atoms with Gasteiger partial charge in [-0.05, 0) is 6.92 Å². The minimum absolute atomic E-state index is 0.0109. The summed E-state index contributed by atoms with van der Waals surface area (Å²) in [6.07, 6.45) is 0. The Balaban J connectivity index is 2.82. The molecule has 10 heavy (non-hydrogen) atoms. The van der Waals surface area contributed by atoms with Gasteiger partial charge in [0.1, 0.15) is 0 Å². The lowest BCUT2D eigenvalue weighted by Crippen LogP contribution is -2.13. The smallest absolute Gasteiger partial charge is 0.0798 e. The summed E-state index contributed by atoms with van der Waals surface area (Å²) in [5, 5.41) is 8.68.